The van der Waals surface area contributed by atoms with Gasteiger partial charge in [0, 0.05) is 16.4 Å². The van der Waals surface area contributed by atoms with Crippen LogP contribution >= 0.6 is 0 Å². The molecule has 0 radical (unpaired) electrons. The molecule has 1 aliphatic rings. The van der Waals surface area contributed by atoms with Crippen LogP contribution in [0.5, 0.6) is 5.75 Å². The second-order valence-corrected chi connectivity index (χ2v) is 9.11. The van der Waals surface area contributed by atoms with Crippen molar-refractivity contribution in [3.05, 3.63) is 47.8 Å². The van der Waals surface area contributed by atoms with E-state index in [0.717, 1.165) is 6.29 Å². The van der Waals surface area contributed by atoms with Crippen molar-refractivity contribution in [1.29, 1.82) is 0 Å². The largest absolute Gasteiger partial charge is 0.498 e. The molecule has 0 amide bonds. The van der Waals surface area contributed by atoms with Crippen LogP contribution in [0.25, 0.3) is 22.3 Å². The van der Waals surface area contributed by atoms with E-state index in [9.17, 15) is 9.18 Å². The second-order valence-electron chi connectivity index (χ2n) is 9.11. The van der Waals surface area contributed by atoms with Crippen LogP contribution in [0.4, 0.5) is 4.39 Å². The molecule has 2 heterocycles. The third-order valence-electron chi connectivity index (χ3n) is 5.95. The molecule has 0 atom stereocenters. The van der Waals surface area contributed by atoms with Gasteiger partial charge in [0.05, 0.1) is 22.9 Å². The first-order valence-corrected chi connectivity index (χ1v) is 10.4. The highest BCUT2D eigenvalue weighted by Crippen LogP contribution is 2.39. The van der Waals surface area contributed by atoms with Crippen molar-refractivity contribution in [1.82, 2.24) is 0 Å². The first kappa shape index (κ1) is 21.6. The van der Waals surface area contributed by atoms with Crippen LogP contribution in [0, 0.1) is 5.82 Å². The summed E-state index contributed by atoms with van der Waals surface area (Å²) in [6.45, 7) is 11.8. The number of hydrogen-bond acceptors (Lipinski definition) is 5. The molecule has 5 nitrogen and oxygen atoms in total. The summed E-state index contributed by atoms with van der Waals surface area (Å²) in [5, 5.41) is 0.616. The highest BCUT2D eigenvalue weighted by molar-refractivity contribution is 6.63. The Labute approximate surface area is 181 Å². The number of hydrogen-bond donors (Lipinski definition) is 0. The Bertz CT molecular complexity index is 1120. The summed E-state index contributed by atoms with van der Waals surface area (Å²) in [6.07, 6.45) is 0.653. The maximum absolute atomic E-state index is 13.4. The first-order valence-electron chi connectivity index (χ1n) is 10.4. The minimum atomic E-state index is -0.651. The van der Waals surface area contributed by atoms with E-state index in [2.05, 4.69) is 0 Å². The Morgan fingerprint density at radius 1 is 1.03 bits per heavy atom. The standard InChI is InChI=1S/C24H26BFO5/c1-14(2)28-21-11-17-18(13-27)22(15-7-9-16(26)10-8-15)29-20(17)12-19(21)25-30-23(3,4)24(5,6)31-25/h7-14H,1-6H3. The molecule has 1 fully saturated rings. The predicted octanol–water partition coefficient (Wildman–Crippen LogP) is 5.14. The van der Waals surface area contributed by atoms with Crippen LogP contribution in [-0.4, -0.2) is 30.7 Å². The van der Waals surface area contributed by atoms with Gasteiger partial charge in [-0.3, -0.25) is 4.79 Å². The first-order chi connectivity index (χ1) is 14.5. The van der Waals surface area contributed by atoms with Gasteiger partial charge in [-0.05, 0) is 77.9 Å². The Morgan fingerprint density at radius 3 is 2.19 bits per heavy atom. The number of fused-ring (bicyclic) bond motifs is 1. The molecule has 0 aliphatic carbocycles. The molecular formula is C24H26BFO5. The molecule has 31 heavy (non-hydrogen) atoms. The van der Waals surface area contributed by atoms with E-state index in [1.165, 1.54) is 12.1 Å². The summed E-state index contributed by atoms with van der Waals surface area (Å²) in [7, 11) is -0.651. The number of carbonyl (C=O) groups is 1. The van der Waals surface area contributed by atoms with Crippen LogP contribution in [0.1, 0.15) is 51.9 Å². The molecule has 1 aliphatic heterocycles. The van der Waals surface area contributed by atoms with Gasteiger partial charge in [-0.1, -0.05) is 0 Å². The zero-order valence-corrected chi connectivity index (χ0v) is 18.6. The van der Waals surface area contributed by atoms with Gasteiger partial charge in [0.1, 0.15) is 22.9 Å². The molecule has 4 rings (SSSR count). The Kier molecular flexibility index (Phi) is 5.22. The smallest absolute Gasteiger partial charge is 0.491 e. The van der Waals surface area contributed by atoms with Gasteiger partial charge in [0.2, 0.25) is 0 Å². The number of rotatable bonds is 5. The maximum atomic E-state index is 13.4. The van der Waals surface area contributed by atoms with Crippen LogP contribution in [0.15, 0.2) is 40.8 Å². The van der Waals surface area contributed by atoms with Gasteiger partial charge in [-0.25, -0.2) is 4.39 Å². The molecule has 0 unspecified atom stereocenters. The molecule has 1 aromatic heterocycles. The van der Waals surface area contributed by atoms with E-state index in [0.29, 0.717) is 39.1 Å². The molecule has 1 saturated heterocycles. The van der Waals surface area contributed by atoms with Gasteiger partial charge in [0.15, 0.2) is 6.29 Å². The highest BCUT2D eigenvalue weighted by atomic mass is 19.1. The molecule has 2 aromatic carbocycles. The van der Waals surface area contributed by atoms with Crippen molar-refractivity contribution in [2.24, 2.45) is 0 Å². The number of halogens is 1. The fourth-order valence-electron chi connectivity index (χ4n) is 3.60. The molecule has 0 bridgehead atoms. The lowest BCUT2D eigenvalue weighted by molar-refractivity contribution is 0.00578. The lowest BCUT2D eigenvalue weighted by atomic mass is 9.78. The topological polar surface area (TPSA) is 57.9 Å². The predicted molar refractivity (Wildman–Crippen MR) is 118 cm³/mol. The van der Waals surface area contributed by atoms with Crippen molar-refractivity contribution in [3.8, 4) is 17.1 Å². The third kappa shape index (κ3) is 3.77. The normalized spacial score (nSPS) is 17.5. The number of furan rings is 1. The Hall–Kier alpha value is -2.64. The van der Waals surface area contributed by atoms with E-state index < -0.39 is 18.3 Å². The molecule has 0 N–H and O–H groups in total. The number of benzene rings is 2. The van der Waals surface area contributed by atoms with Crippen LogP contribution in [0.2, 0.25) is 0 Å². The van der Waals surface area contributed by atoms with Crippen molar-refractivity contribution in [2.75, 3.05) is 0 Å². The summed E-state index contributed by atoms with van der Waals surface area (Å²) >= 11 is 0. The van der Waals surface area contributed by atoms with E-state index >= 15 is 0 Å². The van der Waals surface area contributed by atoms with E-state index in [1.54, 1.807) is 24.3 Å². The average Bonchev–Trinajstić information content (AvgIpc) is 3.14. The number of aldehydes is 1. The Balaban J connectivity index is 1.89. The fraction of sp³-hybridized carbons (Fsp3) is 0.375. The van der Waals surface area contributed by atoms with Crippen LogP contribution in [0.3, 0.4) is 0 Å². The molecular weight excluding hydrogens is 398 g/mol. The summed E-state index contributed by atoms with van der Waals surface area (Å²) in [5.41, 5.74) is 1.16. The van der Waals surface area contributed by atoms with Crippen LogP contribution < -0.4 is 10.2 Å². The van der Waals surface area contributed by atoms with Gasteiger partial charge >= 0.3 is 7.12 Å². The minimum absolute atomic E-state index is 0.0956. The van der Waals surface area contributed by atoms with E-state index in [4.69, 9.17) is 18.5 Å². The van der Waals surface area contributed by atoms with Gasteiger partial charge in [0.25, 0.3) is 0 Å². The number of ether oxygens (including phenoxy) is 1. The summed E-state index contributed by atoms with van der Waals surface area (Å²) in [4.78, 5) is 12.0. The molecule has 7 heteroatoms. The third-order valence-corrected chi connectivity index (χ3v) is 5.95. The molecule has 0 saturated carbocycles. The average molecular weight is 424 g/mol. The number of carbonyl (C=O) groups excluding carboxylic acids is 1. The zero-order chi connectivity index (χ0) is 22.6. The van der Waals surface area contributed by atoms with E-state index in [1.807, 2.05) is 41.5 Å². The SMILES string of the molecule is CC(C)Oc1cc2c(C=O)c(-c3ccc(F)cc3)oc2cc1B1OC(C)(C)C(C)(C)O1. The molecule has 3 aromatic rings. The van der Waals surface area contributed by atoms with Gasteiger partial charge in [-0.15, -0.1) is 0 Å². The van der Waals surface area contributed by atoms with Crippen LogP contribution in [-0.2, 0) is 9.31 Å². The lowest BCUT2D eigenvalue weighted by Crippen LogP contribution is -2.41. The maximum Gasteiger partial charge on any atom is 0.498 e. The highest BCUT2D eigenvalue weighted by Gasteiger charge is 2.52. The van der Waals surface area contributed by atoms with Crippen molar-refractivity contribution in [3.63, 3.8) is 0 Å². The quantitative estimate of drug-likeness (QED) is 0.420. The summed E-state index contributed by atoms with van der Waals surface area (Å²) < 4.78 is 37.9. The van der Waals surface area contributed by atoms with Gasteiger partial charge < -0.3 is 18.5 Å². The van der Waals surface area contributed by atoms with Gasteiger partial charge in [-0.2, -0.15) is 0 Å². The minimum Gasteiger partial charge on any atom is -0.491 e. The van der Waals surface area contributed by atoms with E-state index in [-0.39, 0.29) is 11.9 Å². The van der Waals surface area contributed by atoms with Crippen molar-refractivity contribution < 1.29 is 27.6 Å². The zero-order valence-electron chi connectivity index (χ0n) is 18.6. The monoisotopic (exact) mass is 424 g/mol. The summed E-state index contributed by atoms with van der Waals surface area (Å²) in [6, 6.07) is 9.42. The lowest BCUT2D eigenvalue weighted by Gasteiger charge is -2.32. The molecule has 162 valence electrons. The Morgan fingerprint density at radius 2 is 1.65 bits per heavy atom. The van der Waals surface area contributed by atoms with Crippen molar-refractivity contribution >= 4 is 29.8 Å². The van der Waals surface area contributed by atoms with Crippen molar-refractivity contribution in [2.45, 2.75) is 58.8 Å². The second kappa shape index (κ2) is 7.50. The molecule has 0 spiro atoms. The fourth-order valence-corrected chi connectivity index (χ4v) is 3.60. The summed E-state index contributed by atoms with van der Waals surface area (Å²) in [5.74, 6) is 0.588.